The van der Waals surface area contributed by atoms with Gasteiger partial charge in [-0.2, -0.15) is 13.2 Å². The molecule has 1 unspecified atom stereocenters. The van der Waals surface area contributed by atoms with E-state index in [-0.39, 0.29) is 23.8 Å². The van der Waals surface area contributed by atoms with Crippen LogP contribution < -0.4 is 10.1 Å². The highest BCUT2D eigenvalue weighted by molar-refractivity contribution is 5.31. The topological polar surface area (TPSA) is 21.3 Å². The van der Waals surface area contributed by atoms with E-state index in [1.807, 2.05) is 27.7 Å². The molecule has 2 nitrogen and oxygen atoms in total. The quantitative estimate of drug-likeness (QED) is 0.821. The number of ether oxygens (including phenoxy) is 1. The van der Waals surface area contributed by atoms with Crippen LogP contribution in [0.3, 0.4) is 0 Å². The van der Waals surface area contributed by atoms with Gasteiger partial charge >= 0.3 is 6.18 Å². The van der Waals surface area contributed by atoms with Crippen molar-refractivity contribution in [2.45, 2.75) is 39.4 Å². The summed E-state index contributed by atoms with van der Waals surface area (Å²) in [5.41, 5.74) is -1.34. The van der Waals surface area contributed by atoms with Gasteiger partial charge in [-0.05, 0) is 39.0 Å². The first kappa shape index (κ1) is 17.8. The molecule has 0 aliphatic heterocycles. The smallest absolute Gasteiger partial charge is 0.419 e. The normalized spacial score (nSPS) is 14.1. The van der Waals surface area contributed by atoms with Crippen molar-refractivity contribution in [2.24, 2.45) is 5.92 Å². The Morgan fingerprint density at radius 1 is 1.19 bits per heavy atom. The van der Waals surface area contributed by atoms with Crippen LogP contribution >= 0.6 is 0 Å². The lowest BCUT2D eigenvalue weighted by atomic mass is 10.1. The molecule has 0 saturated carbocycles. The molecule has 120 valence electrons. The summed E-state index contributed by atoms with van der Waals surface area (Å²) in [6.07, 6.45) is -4.72. The summed E-state index contributed by atoms with van der Waals surface area (Å²) in [5.74, 6) is -1.16. The van der Waals surface area contributed by atoms with Gasteiger partial charge in [-0.15, -0.1) is 0 Å². The highest BCUT2D eigenvalue weighted by Gasteiger charge is 2.34. The summed E-state index contributed by atoms with van der Waals surface area (Å²) in [5, 5.41) is 3.28. The fourth-order valence-corrected chi connectivity index (χ4v) is 1.59. The van der Waals surface area contributed by atoms with E-state index in [9.17, 15) is 17.6 Å². The van der Waals surface area contributed by atoms with Gasteiger partial charge in [-0.1, -0.05) is 6.92 Å². The van der Waals surface area contributed by atoms with Crippen molar-refractivity contribution in [2.75, 3.05) is 13.2 Å². The van der Waals surface area contributed by atoms with Crippen LogP contribution in [0.4, 0.5) is 17.6 Å². The average Bonchev–Trinajstić information content (AvgIpc) is 2.33. The fourth-order valence-electron chi connectivity index (χ4n) is 1.59. The Balaban J connectivity index is 2.60. The first-order chi connectivity index (χ1) is 9.49. The summed E-state index contributed by atoms with van der Waals surface area (Å²) >= 11 is 0. The molecule has 0 aliphatic carbocycles. The van der Waals surface area contributed by atoms with Crippen molar-refractivity contribution in [1.29, 1.82) is 0 Å². The van der Waals surface area contributed by atoms with E-state index in [0.717, 1.165) is 6.07 Å². The molecule has 0 aromatic heterocycles. The van der Waals surface area contributed by atoms with E-state index in [0.29, 0.717) is 12.6 Å². The first-order valence-corrected chi connectivity index (χ1v) is 6.73. The molecular formula is C15H21F4NO. The van der Waals surface area contributed by atoms with Gasteiger partial charge in [0.1, 0.15) is 11.6 Å². The Hall–Kier alpha value is -1.30. The number of hydrogen-bond donors (Lipinski definition) is 1. The second-order valence-corrected chi connectivity index (χ2v) is 6.19. The highest BCUT2D eigenvalue weighted by atomic mass is 19.4. The van der Waals surface area contributed by atoms with E-state index in [2.05, 4.69) is 5.32 Å². The lowest BCUT2D eigenvalue weighted by molar-refractivity contribution is -0.140. The predicted octanol–water partition coefficient (Wildman–Crippen LogP) is 4.25. The minimum Gasteiger partial charge on any atom is -0.493 e. The second-order valence-electron chi connectivity index (χ2n) is 6.19. The zero-order valence-corrected chi connectivity index (χ0v) is 12.6. The highest BCUT2D eigenvalue weighted by Crippen LogP contribution is 2.33. The number of benzene rings is 1. The van der Waals surface area contributed by atoms with Crippen LogP contribution in [0.1, 0.15) is 33.3 Å². The minimum absolute atomic E-state index is 0.0198. The molecule has 1 aromatic carbocycles. The van der Waals surface area contributed by atoms with Crippen molar-refractivity contribution in [3.63, 3.8) is 0 Å². The summed E-state index contributed by atoms with van der Waals surface area (Å²) in [6, 6.07) is 2.67. The molecule has 0 heterocycles. The predicted molar refractivity (Wildman–Crippen MR) is 73.8 cm³/mol. The molecule has 1 rings (SSSR count). The van der Waals surface area contributed by atoms with Gasteiger partial charge in [0.2, 0.25) is 0 Å². The van der Waals surface area contributed by atoms with Gasteiger partial charge in [-0.3, -0.25) is 0 Å². The Kier molecular flexibility index (Phi) is 5.61. The van der Waals surface area contributed by atoms with Crippen LogP contribution in [0.2, 0.25) is 0 Å². The monoisotopic (exact) mass is 307 g/mol. The van der Waals surface area contributed by atoms with Crippen molar-refractivity contribution in [3.05, 3.63) is 29.6 Å². The van der Waals surface area contributed by atoms with Gasteiger partial charge in [0.25, 0.3) is 0 Å². The summed E-state index contributed by atoms with van der Waals surface area (Å²) < 4.78 is 56.2. The summed E-state index contributed by atoms with van der Waals surface area (Å²) in [6.45, 7) is 8.93. The molecule has 1 aromatic rings. The summed E-state index contributed by atoms with van der Waals surface area (Å²) in [7, 11) is 0. The molecule has 0 bridgehead atoms. The van der Waals surface area contributed by atoms with Crippen LogP contribution in [0, 0.1) is 11.7 Å². The van der Waals surface area contributed by atoms with Crippen molar-refractivity contribution >= 4 is 0 Å². The van der Waals surface area contributed by atoms with Gasteiger partial charge in [0.15, 0.2) is 0 Å². The third-order valence-corrected chi connectivity index (χ3v) is 2.76. The lowest BCUT2D eigenvalue weighted by Crippen LogP contribution is -2.39. The minimum atomic E-state index is -4.72. The molecule has 0 saturated heterocycles. The van der Waals surface area contributed by atoms with Crippen LogP contribution in [-0.4, -0.2) is 18.7 Å². The first-order valence-electron chi connectivity index (χ1n) is 6.73. The zero-order valence-electron chi connectivity index (χ0n) is 12.6. The summed E-state index contributed by atoms with van der Waals surface area (Å²) in [4.78, 5) is 0. The fraction of sp³-hybridized carbons (Fsp3) is 0.600. The molecule has 0 aliphatic rings. The number of alkyl halides is 3. The Labute approximate surface area is 122 Å². The van der Waals surface area contributed by atoms with Crippen molar-refractivity contribution in [3.8, 4) is 5.75 Å². The molecule has 1 N–H and O–H groups in total. The zero-order chi connectivity index (χ0) is 16.3. The Morgan fingerprint density at radius 2 is 1.81 bits per heavy atom. The molecule has 21 heavy (non-hydrogen) atoms. The number of hydrogen-bond acceptors (Lipinski definition) is 2. The van der Waals surface area contributed by atoms with Crippen molar-refractivity contribution in [1.82, 2.24) is 5.32 Å². The Morgan fingerprint density at radius 3 is 2.33 bits per heavy atom. The Bertz CT molecular complexity index is 466. The number of halogens is 4. The van der Waals surface area contributed by atoms with Crippen LogP contribution in [0.5, 0.6) is 5.75 Å². The van der Waals surface area contributed by atoms with Crippen LogP contribution in [0.15, 0.2) is 18.2 Å². The second kappa shape index (κ2) is 6.64. The molecule has 1 atom stereocenters. The maximum absolute atomic E-state index is 13.1. The maximum atomic E-state index is 13.1. The van der Waals surface area contributed by atoms with E-state index in [4.69, 9.17) is 4.74 Å². The number of nitrogens with one attached hydrogen (secondary N) is 1. The third kappa shape index (κ3) is 6.33. The number of rotatable bonds is 5. The van der Waals surface area contributed by atoms with Gasteiger partial charge in [0.05, 0.1) is 12.2 Å². The van der Waals surface area contributed by atoms with Gasteiger partial charge in [0, 0.05) is 18.0 Å². The van der Waals surface area contributed by atoms with Gasteiger partial charge < -0.3 is 10.1 Å². The molecule has 0 radical (unpaired) electrons. The lowest BCUT2D eigenvalue weighted by Gasteiger charge is -2.23. The SMILES string of the molecule is CC(CNC(C)(C)C)COc1ccc(F)c(C(F)(F)F)c1. The van der Waals surface area contributed by atoms with E-state index < -0.39 is 17.6 Å². The van der Waals surface area contributed by atoms with Crippen LogP contribution in [-0.2, 0) is 6.18 Å². The molecule has 0 spiro atoms. The van der Waals surface area contributed by atoms with E-state index >= 15 is 0 Å². The average molecular weight is 307 g/mol. The van der Waals surface area contributed by atoms with Crippen molar-refractivity contribution < 1.29 is 22.3 Å². The maximum Gasteiger partial charge on any atom is 0.419 e. The largest absolute Gasteiger partial charge is 0.493 e. The van der Waals surface area contributed by atoms with E-state index in [1.165, 1.54) is 6.07 Å². The van der Waals surface area contributed by atoms with Crippen LogP contribution in [0.25, 0.3) is 0 Å². The van der Waals surface area contributed by atoms with E-state index in [1.54, 1.807) is 0 Å². The molecule has 6 heteroatoms. The molecule has 0 amide bonds. The molecular weight excluding hydrogens is 286 g/mol. The molecule has 0 fully saturated rings. The standard InChI is InChI=1S/C15H21F4NO/c1-10(8-20-14(2,3)4)9-21-11-5-6-13(16)12(7-11)15(17,18)19/h5-7,10,20H,8-9H2,1-4H3. The van der Waals surface area contributed by atoms with Gasteiger partial charge in [-0.25, -0.2) is 4.39 Å². The third-order valence-electron chi connectivity index (χ3n) is 2.76.